The van der Waals surface area contributed by atoms with Crippen molar-refractivity contribution >= 4 is 15.9 Å². The Kier molecular flexibility index (Phi) is 6.96. The Morgan fingerprint density at radius 1 is 0.842 bits per heavy atom. The lowest BCUT2D eigenvalue weighted by Gasteiger charge is -2.38. The van der Waals surface area contributed by atoms with Crippen LogP contribution in [-0.4, -0.2) is 43.2 Å². The lowest BCUT2D eigenvalue weighted by Crippen LogP contribution is -2.49. The average Bonchev–Trinajstić information content (AvgIpc) is 3.19. The molecule has 2 aliphatic rings. The van der Waals surface area contributed by atoms with E-state index in [0.29, 0.717) is 43.9 Å². The van der Waals surface area contributed by atoms with Crippen LogP contribution in [0, 0.1) is 5.41 Å². The van der Waals surface area contributed by atoms with Crippen LogP contribution in [0.15, 0.2) is 83.8 Å². The molecule has 0 saturated carbocycles. The van der Waals surface area contributed by atoms with Gasteiger partial charge in [-0.2, -0.15) is 17.5 Å². The number of carbonyl (C=O) groups is 1. The number of para-hydroxylation sites is 1. The number of piperidine rings is 1. The fourth-order valence-corrected chi connectivity index (χ4v) is 7.07. The Morgan fingerprint density at radius 3 is 2.21 bits per heavy atom. The van der Waals surface area contributed by atoms with E-state index in [4.69, 9.17) is 4.74 Å². The van der Waals surface area contributed by atoms with Gasteiger partial charge in [0.25, 0.3) is 0 Å². The van der Waals surface area contributed by atoms with Crippen LogP contribution in [0.3, 0.4) is 0 Å². The molecular formula is C28H27F3N2O4S. The van der Waals surface area contributed by atoms with Crippen LogP contribution in [-0.2, 0) is 27.5 Å². The summed E-state index contributed by atoms with van der Waals surface area (Å²) in [6.45, 7) is 0.761. The van der Waals surface area contributed by atoms with Crippen molar-refractivity contribution in [2.24, 2.45) is 5.41 Å². The van der Waals surface area contributed by atoms with Gasteiger partial charge in [-0.15, -0.1) is 0 Å². The number of hydrogen-bond acceptors (Lipinski definition) is 4. The minimum absolute atomic E-state index is 0.0758. The van der Waals surface area contributed by atoms with Gasteiger partial charge in [0, 0.05) is 26.2 Å². The van der Waals surface area contributed by atoms with Crippen molar-refractivity contribution < 1.29 is 31.1 Å². The van der Waals surface area contributed by atoms with Crippen molar-refractivity contribution in [3.63, 3.8) is 0 Å². The fourth-order valence-electron chi connectivity index (χ4n) is 5.29. The summed E-state index contributed by atoms with van der Waals surface area (Å²) in [6, 6.07) is 21.0. The molecule has 1 unspecified atom stereocenters. The summed E-state index contributed by atoms with van der Waals surface area (Å²) in [4.78, 5) is 14.5. The Balaban J connectivity index is 1.29. The smallest absolute Gasteiger partial charge is 0.417 e. The fraction of sp³-hybridized carbons (Fsp3) is 0.321. The first-order valence-corrected chi connectivity index (χ1v) is 13.8. The van der Waals surface area contributed by atoms with Crippen molar-refractivity contribution in [3.05, 3.63) is 90.0 Å². The van der Waals surface area contributed by atoms with E-state index in [9.17, 15) is 26.4 Å². The number of alkyl halides is 3. The number of halogens is 3. The van der Waals surface area contributed by atoms with E-state index >= 15 is 0 Å². The van der Waals surface area contributed by atoms with Crippen molar-refractivity contribution in [1.29, 1.82) is 0 Å². The second kappa shape index (κ2) is 10.1. The lowest BCUT2D eigenvalue weighted by atomic mass is 9.79. The van der Waals surface area contributed by atoms with Crippen LogP contribution in [0.1, 0.15) is 30.4 Å². The maximum absolute atomic E-state index is 13.5. The number of nitrogens with zero attached hydrogens (tertiary/aromatic N) is 2. The number of rotatable bonds is 6. The van der Waals surface area contributed by atoms with Gasteiger partial charge >= 0.3 is 6.18 Å². The highest BCUT2D eigenvalue weighted by molar-refractivity contribution is 7.89. The van der Waals surface area contributed by atoms with E-state index in [1.54, 1.807) is 4.90 Å². The first-order chi connectivity index (χ1) is 18.1. The highest BCUT2D eigenvalue weighted by atomic mass is 32.2. The molecule has 0 radical (unpaired) electrons. The molecule has 1 atom stereocenters. The summed E-state index contributed by atoms with van der Waals surface area (Å²) >= 11 is 0. The van der Waals surface area contributed by atoms with Crippen LogP contribution >= 0.6 is 0 Å². The number of amides is 1. The minimum atomic E-state index is -4.81. The van der Waals surface area contributed by atoms with Gasteiger partial charge in [0.2, 0.25) is 15.9 Å². The maximum Gasteiger partial charge on any atom is 0.417 e. The van der Waals surface area contributed by atoms with E-state index in [2.05, 4.69) is 0 Å². The zero-order valence-electron chi connectivity index (χ0n) is 20.5. The van der Waals surface area contributed by atoms with Gasteiger partial charge in [-0.05, 0) is 61.2 Å². The molecule has 0 aliphatic carbocycles. The van der Waals surface area contributed by atoms with Gasteiger partial charge in [-0.3, -0.25) is 4.79 Å². The third-order valence-electron chi connectivity index (χ3n) is 7.23. The molecule has 0 aromatic heterocycles. The molecule has 3 aromatic carbocycles. The molecule has 38 heavy (non-hydrogen) atoms. The van der Waals surface area contributed by atoms with E-state index in [-0.39, 0.29) is 19.0 Å². The van der Waals surface area contributed by atoms with Crippen molar-refractivity contribution in [2.75, 3.05) is 19.6 Å². The van der Waals surface area contributed by atoms with Gasteiger partial charge in [-0.1, -0.05) is 42.5 Å². The molecule has 1 amide bonds. The monoisotopic (exact) mass is 544 g/mol. The molecule has 1 spiro atoms. The summed E-state index contributed by atoms with van der Waals surface area (Å²) < 4.78 is 74.1. The minimum Gasteiger partial charge on any atom is -0.457 e. The van der Waals surface area contributed by atoms with Gasteiger partial charge in [0.1, 0.15) is 11.5 Å². The molecule has 5 rings (SSSR count). The normalized spacial score (nSPS) is 20.7. The Labute approximate surface area is 219 Å². The summed E-state index contributed by atoms with van der Waals surface area (Å²) in [7, 11) is -4.44. The van der Waals surface area contributed by atoms with E-state index in [1.807, 2.05) is 54.6 Å². The Hall–Kier alpha value is -3.37. The average molecular weight is 545 g/mol. The first-order valence-electron chi connectivity index (χ1n) is 12.4. The van der Waals surface area contributed by atoms with E-state index < -0.39 is 32.1 Å². The lowest BCUT2D eigenvalue weighted by molar-refractivity contribution is -0.140. The molecule has 2 aliphatic heterocycles. The summed E-state index contributed by atoms with van der Waals surface area (Å²) in [6.07, 6.45) is -3.45. The molecule has 2 saturated heterocycles. The first kappa shape index (κ1) is 26.2. The standard InChI is InChI=1S/C28H27F3N2O4S/c29-28(30,31)24-9-4-5-10-25(24)38(35,36)33-17-6-15-27(20-33)16-18-32(26(27)34)19-21-11-13-23(14-12-21)37-22-7-2-1-3-8-22/h1-5,7-14H,6,15-20H2. The van der Waals surface area contributed by atoms with E-state index in [1.165, 1.54) is 6.07 Å². The van der Waals surface area contributed by atoms with Crippen LogP contribution in [0.2, 0.25) is 0 Å². The summed E-state index contributed by atoms with van der Waals surface area (Å²) in [5, 5.41) is 0. The Morgan fingerprint density at radius 2 is 1.50 bits per heavy atom. The quantitative estimate of drug-likeness (QED) is 0.399. The predicted molar refractivity (Wildman–Crippen MR) is 135 cm³/mol. The van der Waals surface area contributed by atoms with Gasteiger partial charge in [-0.25, -0.2) is 8.42 Å². The molecule has 3 aromatic rings. The molecule has 0 N–H and O–H groups in total. The molecular weight excluding hydrogens is 517 g/mol. The number of sulfonamides is 1. The van der Waals surface area contributed by atoms with Crippen LogP contribution in [0.25, 0.3) is 0 Å². The summed E-state index contributed by atoms with van der Waals surface area (Å²) in [5.74, 6) is 1.22. The van der Waals surface area contributed by atoms with Gasteiger partial charge < -0.3 is 9.64 Å². The Bertz CT molecular complexity index is 1410. The topological polar surface area (TPSA) is 66.9 Å². The zero-order chi connectivity index (χ0) is 27.0. The van der Waals surface area contributed by atoms with Crippen molar-refractivity contribution in [1.82, 2.24) is 9.21 Å². The van der Waals surface area contributed by atoms with Crippen molar-refractivity contribution in [2.45, 2.75) is 36.9 Å². The summed E-state index contributed by atoms with van der Waals surface area (Å²) in [5.41, 5.74) is -1.23. The number of carbonyl (C=O) groups excluding carboxylic acids is 1. The van der Waals surface area contributed by atoms with Crippen LogP contribution in [0.5, 0.6) is 11.5 Å². The molecule has 6 nitrogen and oxygen atoms in total. The van der Waals surface area contributed by atoms with Crippen molar-refractivity contribution in [3.8, 4) is 11.5 Å². The highest BCUT2D eigenvalue weighted by Crippen LogP contribution is 2.43. The molecule has 0 bridgehead atoms. The SMILES string of the molecule is O=C1N(Cc2ccc(Oc3ccccc3)cc2)CCC12CCCN(S(=O)(=O)c1ccccc1C(F)(F)F)C2. The van der Waals surface area contributed by atoms with E-state index in [0.717, 1.165) is 28.1 Å². The third-order valence-corrected chi connectivity index (χ3v) is 9.13. The number of likely N-dealkylation sites (tertiary alicyclic amines) is 1. The van der Waals surface area contributed by atoms with Gasteiger partial charge in [0.15, 0.2) is 0 Å². The number of benzene rings is 3. The van der Waals surface area contributed by atoms with Crippen LogP contribution < -0.4 is 4.74 Å². The molecule has 10 heteroatoms. The molecule has 200 valence electrons. The second-order valence-corrected chi connectivity index (χ2v) is 11.7. The maximum atomic E-state index is 13.5. The largest absolute Gasteiger partial charge is 0.457 e. The molecule has 2 heterocycles. The predicted octanol–water partition coefficient (Wildman–Crippen LogP) is 5.70. The third kappa shape index (κ3) is 5.15. The second-order valence-electron chi connectivity index (χ2n) is 9.75. The number of ether oxygens (including phenoxy) is 1. The zero-order valence-corrected chi connectivity index (χ0v) is 21.3. The van der Waals surface area contributed by atoms with Gasteiger partial charge in [0.05, 0.1) is 15.9 Å². The number of hydrogen-bond donors (Lipinski definition) is 0. The molecule has 2 fully saturated rings. The van der Waals surface area contributed by atoms with Crippen LogP contribution in [0.4, 0.5) is 13.2 Å². The highest BCUT2D eigenvalue weighted by Gasteiger charge is 2.51.